The molecule has 2 rings (SSSR count). The fourth-order valence-corrected chi connectivity index (χ4v) is 3.14. The second-order valence-corrected chi connectivity index (χ2v) is 5.97. The molecule has 138 valence electrons. The fourth-order valence-electron chi connectivity index (χ4n) is 3.14. The Morgan fingerprint density at radius 3 is 2.68 bits per heavy atom. The number of nitrogens with zero attached hydrogens (tertiary/aromatic N) is 1. The first kappa shape index (κ1) is 19.1. The first-order chi connectivity index (χ1) is 12.1. The quantitative estimate of drug-likeness (QED) is 0.734. The molecule has 1 aromatic rings. The zero-order valence-corrected chi connectivity index (χ0v) is 15.1. The van der Waals surface area contributed by atoms with Gasteiger partial charge in [0.05, 0.1) is 27.3 Å². The lowest BCUT2D eigenvalue weighted by molar-refractivity contribution is -0.126. The van der Waals surface area contributed by atoms with Gasteiger partial charge in [-0.1, -0.05) is 6.07 Å². The van der Waals surface area contributed by atoms with Gasteiger partial charge in [0.15, 0.2) is 0 Å². The number of hydrogen-bond donors (Lipinski definition) is 2. The fraction of sp³-hybridized carbons (Fsp3) is 0.556. The Bertz CT molecular complexity index is 606. The average Bonchev–Trinajstić information content (AvgIpc) is 3.07. The Morgan fingerprint density at radius 2 is 2.00 bits per heavy atom. The van der Waals surface area contributed by atoms with E-state index in [4.69, 9.17) is 9.47 Å². The van der Waals surface area contributed by atoms with Crippen LogP contribution in [0.1, 0.15) is 31.4 Å². The van der Waals surface area contributed by atoms with Crippen LogP contribution in [0.2, 0.25) is 0 Å². The lowest BCUT2D eigenvalue weighted by Crippen LogP contribution is -2.41. The summed E-state index contributed by atoms with van der Waals surface area (Å²) in [4.78, 5) is 25.7. The van der Waals surface area contributed by atoms with Crippen LogP contribution in [0.25, 0.3) is 0 Å². The molecule has 7 heteroatoms. The molecule has 2 N–H and O–H groups in total. The van der Waals surface area contributed by atoms with Crippen LogP contribution in [0.4, 0.5) is 0 Å². The molecule has 1 aromatic carbocycles. The van der Waals surface area contributed by atoms with E-state index in [2.05, 4.69) is 15.5 Å². The molecule has 0 saturated carbocycles. The maximum absolute atomic E-state index is 12.2. The van der Waals surface area contributed by atoms with Crippen LogP contribution in [0.5, 0.6) is 11.5 Å². The zero-order chi connectivity index (χ0) is 18.2. The molecule has 0 radical (unpaired) electrons. The molecule has 0 spiro atoms. The number of methoxy groups -OCH3 is 2. The van der Waals surface area contributed by atoms with E-state index in [1.807, 2.05) is 25.1 Å². The van der Waals surface area contributed by atoms with Gasteiger partial charge in [-0.2, -0.15) is 0 Å². The van der Waals surface area contributed by atoms with Gasteiger partial charge in [0.1, 0.15) is 11.5 Å². The van der Waals surface area contributed by atoms with Gasteiger partial charge in [-0.05, 0) is 32.4 Å². The van der Waals surface area contributed by atoms with Gasteiger partial charge in [0.25, 0.3) is 0 Å². The van der Waals surface area contributed by atoms with Gasteiger partial charge in [-0.25, -0.2) is 0 Å². The summed E-state index contributed by atoms with van der Waals surface area (Å²) in [6, 6.07) is 5.88. The average molecular weight is 349 g/mol. The van der Waals surface area contributed by atoms with Gasteiger partial charge in [0, 0.05) is 24.2 Å². The number of carbonyl (C=O) groups excluding carboxylic acids is 2. The maximum Gasteiger partial charge on any atom is 0.239 e. The standard InChI is InChI=1S/C18H27N3O4/c1-4-19-17(22)11-20-18(23)12-21-9-5-6-15(21)14-8-7-13(24-2)10-16(14)25-3/h7-8,10,15H,4-6,9,11-12H2,1-3H3,(H,19,22)(H,20,23)/t15-/m0/s1. The maximum atomic E-state index is 12.2. The van der Waals surface area contributed by atoms with E-state index in [0.29, 0.717) is 6.54 Å². The van der Waals surface area contributed by atoms with Crippen molar-refractivity contribution in [2.45, 2.75) is 25.8 Å². The van der Waals surface area contributed by atoms with E-state index >= 15 is 0 Å². The van der Waals surface area contributed by atoms with Crippen molar-refractivity contribution in [1.82, 2.24) is 15.5 Å². The van der Waals surface area contributed by atoms with E-state index < -0.39 is 0 Å². The predicted octanol–water partition coefficient (Wildman–Crippen LogP) is 1.09. The second-order valence-electron chi connectivity index (χ2n) is 5.97. The molecule has 1 fully saturated rings. The summed E-state index contributed by atoms with van der Waals surface area (Å²) in [5, 5.41) is 5.33. The molecular formula is C18H27N3O4. The van der Waals surface area contributed by atoms with E-state index in [9.17, 15) is 9.59 Å². The van der Waals surface area contributed by atoms with Crippen LogP contribution in [-0.2, 0) is 9.59 Å². The monoisotopic (exact) mass is 349 g/mol. The molecule has 25 heavy (non-hydrogen) atoms. The first-order valence-corrected chi connectivity index (χ1v) is 8.58. The first-order valence-electron chi connectivity index (χ1n) is 8.58. The number of nitrogens with one attached hydrogen (secondary N) is 2. The molecule has 1 atom stereocenters. The smallest absolute Gasteiger partial charge is 0.239 e. The van der Waals surface area contributed by atoms with Gasteiger partial charge in [-0.15, -0.1) is 0 Å². The molecule has 7 nitrogen and oxygen atoms in total. The molecule has 1 aliphatic heterocycles. The Kier molecular flexibility index (Phi) is 7.06. The number of rotatable bonds is 8. The van der Waals surface area contributed by atoms with E-state index in [1.165, 1.54) is 0 Å². The Balaban J connectivity index is 2.00. The van der Waals surface area contributed by atoms with Gasteiger partial charge >= 0.3 is 0 Å². The van der Waals surface area contributed by atoms with Crippen molar-refractivity contribution in [2.75, 3.05) is 40.4 Å². The Hall–Kier alpha value is -2.28. The lowest BCUT2D eigenvalue weighted by Gasteiger charge is -2.25. The van der Waals surface area contributed by atoms with Crippen molar-refractivity contribution in [3.05, 3.63) is 23.8 Å². The second kappa shape index (κ2) is 9.27. The van der Waals surface area contributed by atoms with Gasteiger partial charge in [-0.3, -0.25) is 14.5 Å². The van der Waals surface area contributed by atoms with E-state index in [0.717, 1.165) is 36.4 Å². The summed E-state index contributed by atoms with van der Waals surface area (Å²) in [5.74, 6) is 1.18. The van der Waals surface area contributed by atoms with Crippen LogP contribution >= 0.6 is 0 Å². The summed E-state index contributed by atoms with van der Waals surface area (Å²) < 4.78 is 10.7. The number of amides is 2. The molecule has 0 bridgehead atoms. The van der Waals surface area contributed by atoms with Gasteiger partial charge < -0.3 is 20.1 Å². The highest BCUT2D eigenvalue weighted by Gasteiger charge is 2.29. The van der Waals surface area contributed by atoms with Crippen molar-refractivity contribution in [3.63, 3.8) is 0 Å². The number of ether oxygens (including phenoxy) is 2. The van der Waals surface area contributed by atoms with E-state index in [1.54, 1.807) is 14.2 Å². The molecule has 1 heterocycles. The highest BCUT2D eigenvalue weighted by molar-refractivity contribution is 5.85. The number of benzene rings is 1. The minimum atomic E-state index is -0.175. The molecule has 0 unspecified atom stereocenters. The number of likely N-dealkylation sites (tertiary alicyclic amines) is 1. The molecule has 1 saturated heterocycles. The molecular weight excluding hydrogens is 322 g/mol. The summed E-state index contributed by atoms with van der Waals surface area (Å²) in [5.41, 5.74) is 1.05. The van der Waals surface area contributed by atoms with Crippen LogP contribution in [-0.4, -0.2) is 57.1 Å². The molecule has 0 aliphatic carbocycles. The van der Waals surface area contributed by atoms with Crippen molar-refractivity contribution in [1.29, 1.82) is 0 Å². The summed E-state index contributed by atoms with van der Waals surface area (Å²) >= 11 is 0. The Labute approximate surface area is 148 Å². The van der Waals surface area contributed by atoms with Gasteiger partial charge in [0.2, 0.25) is 11.8 Å². The number of hydrogen-bond acceptors (Lipinski definition) is 5. The summed E-state index contributed by atoms with van der Waals surface area (Å²) in [6.07, 6.45) is 1.98. The zero-order valence-electron chi connectivity index (χ0n) is 15.1. The minimum absolute atomic E-state index is 0.0109. The molecule has 2 amide bonds. The van der Waals surface area contributed by atoms with Crippen LogP contribution < -0.4 is 20.1 Å². The van der Waals surface area contributed by atoms with Crippen LogP contribution in [0.3, 0.4) is 0 Å². The highest BCUT2D eigenvalue weighted by atomic mass is 16.5. The molecule has 0 aromatic heterocycles. The van der Waals surface area contributed by atoms with Crippen molar-refractivity contribution in [3.8, 4) is 11.5 Å². The minimum Gasteiger partial charge on any atom is -0.497 e. The van der Waals surface area contributed by atoms with E-state index in [-0.39, 0.29) is 30.9 Å². The summed E-state index contributed by atoms with van der Waals surface area (Å²) in [7, 11) is 3.26. The van der Waals surface area contributed by atoms with Crippen molar-refractivity contribution < 1.29 is 19.1 Å². The largest absolute Gasteiger partial charge is 0.497 e. The van der Waals surface area contributed by atoms with Crippen LogP contribution in [0.15, 0.2) is 18.2 Å². The SMILES string of the molecule is CCNC(=O)CNC(=O)CN1CCC[C@H]1c1ccc(OC)cc1OC. The number of carbonyl (C=O) groups is 2. The summed E-state index contributed by atoms with van der Waals surface area (Å²) in [6.45, 7) is 3.52. The van der Waals surface area contributed by atoms with Crippen molar-refractivity contribution in [2.24, 2.45) is 0 Å². The lowest BCUT2D eigenvalue weighted by atomic mass is 10.0. The Morgan fingerprint density at radius 1 is 1.20 bits per heavy atom. The highest BCUT2D eigenvalue weighted by Crippen LogP contribution is 2.38. The third-order valence-corrected chi connectivity index (χ3v) is 4.33. The number of likely N-dealkylation sites (N-methyl/N-ethyl adjacent to an activating group) is 1. The van der Waals surface area contributed by atoms with Crippen molar-refractivity contribution >= 4 is 11.8 Å². The predicted molar refractivity (Wildman–Crippen MR) is 94.8 cm³/mol. The normalized spacial score (nSPS) is 17.2. The third kappa shape index (κ3) is 5.09. The van der Waals surface area contributed by atoms with Crippen LogP contribution in [0, 0.1) is 0 Å². The molecule has 1 aliphatic rings. The topological polar surface area (TPSA) is 79.9 Å². The third-order valence-electron chi connectivity index (χ3n) is 4.33.